The fourth-order valence-electron chi connectivity index (χ4n) is 2.60. The van der Waals surface area contributed by atoms with Crippen molar-refractivity contribution in [2.45, 2.75) is 38.8 Å². The maximum atomic E-state index is 5.80. The predicted molar refractivity (Wildman–Crippen MR) is 80.0 cm³/mol. The fraction of sp³-hybridized carbons (Fsp3) is 0.923. The number of rotatable bonds is 7. The van der Waals surface area contributed by atoms with E-state index in [-0.39, 0.29) is 6.04 Å². The smallest absolute Gasteiger partial charge is 0.0901 e. The van der Waals surface area contributed by atoms with Gasteiger partial charge in [-0.3, -0.25) is 9.80 Å². The van der Waals surface area contributed by atoms with Gasteiger partial charge in [-0.05, 0) is 19.8 Å². The van der Waals surface area contributed by atoms with Crippen LogP contribution in [-0.2, 0) is 4.74 Å². The van der Waals surface area contributed by atoms with E-state index in [1.807, 2.05) is 0 Å². The minimum atomic E-state index is 0.274. The summed E-state index contributed by atoms with van der Waals surface area (Å²) in [6, 6.07) is 0.869. The molecule has 2 atom stereocenters. The summed E-state index contributed by atoms with van der Waals surface area (Å²) in [6.07, 6.45) is 2.11. The summed E-state index contributed by atoms with van der Waals surface area (Å²) in [7, 11) is 1.76. The van der Waals surface area contributed by atoms with E-state index in [9.17, 15) is 0 Å². The van der Waals surface area contributed by atoms with E-state index in [1.54, 1.807) is 7.11 Å². The highest BCUT2D eigenvalue weighted by molar-refractivity contribution is 7.80. The molecule has 0 aromatic carbocycles. The van der Waals surface area contributed by atoms with Crippen LogP contribution in [0.4, 0.5) is 0 Å². The molecule has 0 amide bonds. The predicted octanol–water partition coefficient (Wildman–Crippen LogP) is 1.09. The molecule has 18 heavy (non-hydrogen) atoms. The Hall–Kier alpha value is -0.230. The Labute approximate surface area is 116 Å². The first-order chi connectivity index (χ1) is 8.60. The molecule has 0 aliphatic carbocycles. The lowest BCUT2D eigenvalue weighted by molar-refractivity contribution is 0.0738. The number of methoxy groups -OCH3 is 1. The third-order valence-corrected chi connectivity index (χ3v) is 4.14. The summed E-state index contributed by atoms with van der Waals surface area (Å²) in [6.45, 7) is 9.59. The lowest BCUT2D eigenvalue weighted by atomic mass is 10.1. The molecule has 1 heterocycles. The zero-order chi connectivity index (χ0) is 13.5. The van der Waals surface area contributed by atoms with Crippen molar-refractivity contribution < 1.29 is 4.74 Å². The van der Waals surface area contributed by atoms with Gasteiger partial charge in [0.2, 0.25) is 0 Å². The quantitative estimate of drug-likeness (QED) is 0.703. The van der Waals surface area contributed by atoms with Crippen LogP contribution < -0.4 is 5.73 Å². The van der Waals surface area contributed by atoms with E-state index in [0.717, 1.165) is 45.6 Å². The van der Waals surface area contributed by atoms with Gasteiger partial charge in [0.15, 0.2) is 0 Å². The van der Waals surface area contributed by atoms with Crippen molar-refractivity contribution in [2.24, 2.45) is 5.73 Å². The molecule has 1 aliphatic heterocycles. The number of nitrogens with zero attached hydrogens (tertiary/aromatic N) is 2. The van der Waals surface area contributed by atoms with Crippen LogP contribution in [0.15, 0.2) is 0 Å². The highest BCUT2D eigenvalue weighted by atomic mass is 32.1. The molecule has 2 unspecified atom stereocenters. The molecule has 1 saturated heterocycles. The number of thiocarbonyl (C=S) groups is 1. The number of nitrogens with two attached hydrogens (primary N) is 1. The van der Waals surface area contributed by atoms with Gasteiger partial charge >= 0.3 is 0 Å². The molecule has 1 aliphatic rings. The molecule has 106 valence electrons. The Morgan fingerprint density at radius 2 is 1.83 bits per heavy atom. The Kier molecular flexibility index (Phi) is 7.07. The number of ether oxygens (including phenoxy) is 1. The van der Waals surface area contributed by atoms with E-state index < -0.39 is 0 Å². The van der Waals surface area contributed by atoms with Crippen molar-refractivity contribution in [1.29, 1.82) is 0 Å². The monoisotopic (exact) mass is 273 g/mol. The van der Waals surface area contributed by atoms with Crippen LogP contribution in [0.5, 0.6) is 0 Å². The molecular weight excluding hydrogens is 246 g/mol. The summed E-state index contributed by atoms with van der Waals surface area (Å²) in [5, 5.41) is 0. The van der Waals surface area contributed by atoms with Gasteiger partial charge < -0.3 is 10.5 Å². The van der Waals surface area contributed by atoms with Gasteiger partial charge in [0.05, 0.1) is 11.0 Å². The molecule has 0 aromatic heterocycles. The van der Waals surface area contributed by atoms with Crippen LogP contribution in [0.25, 0.3) is 0 Å². The van der Waals surface area contributed by atoms with Gasteiger partial charge in [-0.15, -0.1) is 0 Å². The Bertz CT molecular complexity index is 255. The van der Waals surface area contributed by atoms with Crippen molar-refractivity contribution in [2.75, 3.05) is 39.9 Å². The molecule has 0 bridgehead atoms. The van der Waals surface area contributed by atoms with Crippen LogP contribution in [-0.4, -0.2) is 66.8 Å². The normalized spacial score (nSPS) is 21.7. The van der Waals surface area contributed by atoms with Gasteiger partial charge in [0, 0.05) is 45.9 Å². The van der Waals surface area contributed by atoms with E-state index in [0.29, 0.717) is 11.0 Å². The summed E-state index contributed by atoms with van der Waals surface area (Å²) < 4.78 is 5.14. The second-order valence-electron chi connectivity index (χ2n) is 5.03. The molecule has 2 N–H and O–H groups in total. The van der Waals surface area contributed by atoms with Crippen LogP contribution >= 0.6 is 12.2 Å². The van der Waals surface area contributed by atoms with Gasteiger partial charge in [-0.2, -0.15) is 0 Å². The lowest BCUT2D eigenvalue weighted by Crippen LogP contribution is -2.55. The Balaban J connectivity index is 2.38. The van der Waals surface area contributed by atoms with Gasteiger partial charge in [-0.25, -0.2) is 0 Å². The first-order valence-electron chi connectivity index (χ1n) is 6.86. The van der Waals surface area contributed by atoms with Crippen LogP contribution in [0, 0.1) is 0 Å². The topological polar surface area (TPSA) is 41.7 Å². The third kappa shape index (κ3) is 4.46. The summed E-state index contributed by atoms with van der Waals surface area (Å²) in [5.74, 6) is 0. The third-order valence-electron chi connectivity index (χ3n) is 3.87. The van der Waals surface area contributed by atoms with Gasteiger partial charge in [-0.1, -0.05) is 19.1 Å². The largest absolute Gasteiger partial charge is 0.392 e. The average molecular weight is 273 g/mol. The Morgan fingerprint density at radius 1 is 1.28 bits per heavy atom. The molecule has 0 spiro atoms. The average Bonchev–Trinajstić information content (AvgIpc) is 2.37. The van der Waals surface area contributed by atoms with Crippen LogP contribution in [0.2, 0.25) is 0 Å². The molecule has 0 aromatic rings. The molecule has 0 radical (unpaired) electrons. The second kappa shape index (κ2) is 8.04. The van der Waals surface area contributed by atoms with Crippen LogP contribution in [0.1, 0.15) is 26.7 Å². The second-order valence-corrected chi connectivity index (χ2v) is 5.50. The summed E-state index contributed by atoms with van der Waals surface area (Å²) >= 11 is 5.14. The SMILES string of the molecule is CCC(C(N)=S)N1CCN(C(C)CCOC)CC1. The van der Waals surface area contributed by atoms with Crippen LogP contribution in [0.3, 0.4) is 0 Å². The molecule has 1 fully saturated rings. The van der Waals surface area contributed by atoms with Crippen molar-refractivity contribution in [3.8, 4) is 0 Å². The summed E-state index contributed by atoms with van der Waals surface area (Å²) in [5.41, 5.74) is 5.80. The maximum Gasteiger partial charge on any atom is 0.0901 e. The minimum absolute atomic E-state index is 0.274. The van der Waals surface area contributed by atoms with E-state index in [1.165, 1.54) is 0 Å². The van der Waals surface area contributed by atoms with E-state index in [2.05, 4.69) is 23.6 Å². The number of piperazine rings is 1. The number of hydrogen-bond acceptors (Lipinski definition) is 4. The van der Waals surface area contributed by atoms with E-state index >= 15 is 0 Å². The first kappa shape index (κ1) is 15.8. The highest BCUT2D eigenvalue weighted by Gasteiger charge is 2.26. The molecule has 1 rings (SSSR count). The van der Waals surface area contributed by atoms with Crippen molar-refractivity contribution in [3.63, 3.8) is 0 Å². The number of hydrogen-bond donors (Lipinski definition) is 1. The molecular formula is C13H27N3OS. The van der Waals surface area contributed by atoms with Gasteiger partial charge in [0.25, 0.3) is 0 Å². The fourth-order valence-corrected chi connectivity index (χ4v) is 2.92. The highest BCUT2D eigenvalue weighted by Crippen LogP contribution is 2.13. The van der Waals surface area contributed by atoms with E-state index in [4.69, 9.17) is 22.7 Å². The molecule has 0 saturated carbocycles. The Morgan fingerprint density at radius 3 is 2.28 bits per heavy atom. The molecule has 5 heteroatoms. The zero-order valence-electron chi connectivity index (χ0n) is 11.9. The maximum absolute atomic E-state index is 5.80. The zero-order valence-corrected chi connectivity index (χ0v) is 12.7. The van der Waals surface area contributed by atoms with Gasteiger partial charge in [0.1, 0.15) is 0 Å². The molecule has 4 nitrogen and oxygen atoms in total. The van der Waals surface area contributed by atoms with Crippen molar-refractivity contribution in [3.05, 3.63) is 0 Å². The first-order valence-corrected chi connectivity index (χ1v) is 7.27. The lowest BCUT2D eigenvalue weighted by Gasteiger charge is -2.41. The van der Waals surface area contributed by atoms with Crippen molar-refractivity contribution in [1.82, 2.24) is 9.80 Å². The van der Waals surface area contributed by atoms with Crippen molar-refractivity contribution >= 4 is 17.2 Å². The minimum Gasteiger partial charge on any atom is -0.392 e. The summed E-state index contributed by atoms with van der Waals surface area (Å²) in [4.78, 5) is 5.59. The standard InChI is InChI=1S/C13H27N3OS/c1-4-12(13(14)18)16-8-6-15(7-9-16)11(2)5-10-17-3/h11-12H,4-10H2,1-3H3,(H2,14,18).